The molecule has 18 heavy (non-hydrogen) atoms. The van der Waals surface area contributed by atoms with Crippen molar-refractivity contribution in [3.8, 4) is 0 Å². The third-order valence-electron chi connectivity index (χ3n) is 2.96. The van der Waals surface area contributed by atoms with Crippen molar-refractivity contribution in [3.05, 3.63) is 0 Å². The molecule has 0 aromatic carbocycles. The van der Waals surface area contributed by atoms with Crippen molar-refractivity contribution in [3.63, 3.8) is 0 Å². The molecule has 0 aromatic heterocycles. The highest BCUT2D eigenvalue weighted by molar-refractivity contribution is 5.87. The molecular formula is C13H23NO4. The SMILES string of the molecule is CCC(=O)C(NC(=O)OC1CCOC1)C(C)(C)C. The Morgan fingerprint density at radius 2 is 2.11 bits per heavy atom. The number of hydrogen-bond acceptors (Lipinski definition) is 4. The number of nitrogens with one attached hydrogen (secondary N) is 1. The summed E-state index contributed by atoms with van der Waals surface area (Å²) >= 11 is 0. The standard InChI is InChI=1S/C13H23NO4/c1-5-10(15)11(13(2,3)4)14-12(16)18-9-6-7-17-8-9/h9,11H,5-8H2,1-4H3,(H,14,16). The number of rotatable bonds is 4. The van der Waals surface area contributed by atoms with Crippen LogP contribution in [0.3, 0.4) is 0 Å². The van der Waals surface area contributed by atoms with Gasteiger partial charge in [0.15, 0.2) is 5.78 Å². The number of Topliss-reactive ketones (excluding diaryl/α,β-unsaturated/α-hetero) is 1. The van der Waals surface area contributed by atoms with Gasteiger partial charge in [0, 0.05) is 12.8 Å². The Bertz CT molecular complexity index is 303. The van der Waals surface area contributed by atoms with Crippen LogP contribution < -0.4 is 5.32 Å². The molecule has 1 aliphatic heterocycles. The van der Waals surface area contributed by atoms with Crippen LogP contribution in [0.4, 0.5) is 4.79 Å². The van der Waals surface area contributed by atoms with Gasteiger partial charge in [0.25, 0.3) is 0 Å². The molecule has 5 nitrogen and oxygen atoms in total. The highest BCUT2D eigenvalue weighted by Crippen LogP contribution is 2.21. The molecule has 2 unspecified atom stereocenters. The van der Waals surface area contributed by atoms with Gasteiger partial charge >= 0.3 is 6.09 Å². The van der Waals surface area contributed by atoms with Crippen LogP contribution in [0.2, 0.25) is 0 Å². The molecular weight excluding hydrogens is 234 g/mol. The van der Waals surface area contributed by atoms with Gasteiger partial charge < -0.3 is 14.8 Å². The fraction of sp³-hybridized carbons (Fsp3) is 0.846. The van der Waals surface area contributed by atoms with Crippen molar-refractivity contribution in [2.45, 2.75) is 52.7 Å². The second kappa shape index (κ2) is 6.18. The van der Waals surface area contributed by atoms with E-state index in [1.54, 1.807) is 6.92 Å². The van der Waals surface area contributed by atoms with Gasteiger partial charge in [0.05, 0.1) is 19.3 Å². The zero-order chi connectivity index (χ0) is 13.8. The van der Waals surface area contributed by atoms with Gasteiger partial charge in [-0.3, -0.25) is 4.79 Å². The first-order valence-electron chi connectivity index (χ1n) is 6.42. The van der Waals surface area contributed by atoms with Crippen LogP contribution in [0.15, 0.2) is 0 Å². The molecule has 5 heteroatoms. The second-order valence-corrected chi connectivity index (χ2v) is 5.65. The first kappa shape index (κ1) is 15.0. The lowest BCUT2D eigenvalue weighted by Gasteiger charge is -2.30. The van der Waals surface area contributed by atoms with Crippen molar-refractivity contribution in [1.29, 1.82) is 0 Å². The van der Waals surface area contributed by atoms with E-state index in [0.717, 1.165) is 6.42 Å². The molecule has 104 valence electrons. The lowest BCUT2D eigenvalue weighted by atomic mass is 9.83. The predicted molar refractivity (Wildman–Crippen MR) is 67.4 cm³/mol. The Morgan fingerprint density at radius 3 is 2.56 bits per heavy atom. The molecule has 0 aromatic rings. The third kappa shape index (κ3) is 4.29. The topological polar surface area (TPSA) is 64.6 Å². The Labute approximate surface area is 108 Å². The Morgan fingerprint density at radius 1 is 1.44 bits per heavy atom. The van der Waals surface area contributed by atoms with Crippen molar-refractivity contribution in [1.82, 2.24) is 5.32 Å². The molecule has 1 rings (SSSR count). The maximum Gasteiger partial charge on any atom is 0.408 e. The molecule has 1 heterocycles. The van der Waals surface area contributed by atoms with E-state index in [4.69, 9.17) is 9.47 Å². The van der Waals surface area contributed by atoms with Gasteiger partial charge in [-0.15, -0.1) is 0 Å². The van der Waals surface area contributed by atoms with Gasteiger partial charge in [-0.2, -0.15) is 0 Å². The molecule has 1 saturated heterocycles. The molecule has 0 spiro atoms. The van der Waals surface area contributed by atoms with Crippen LogP contribution in [-0.2, 0) is 14.3 Å². The molecule has 1 N–H and O–H groups in total. The first-order chi connectivity index (χ1) is 8.34. The minimum atomic E-state index is -0.535. The van der Waals surface area contributed by atoms with E-state index in [2.05, 4.69) is 5.32 Å². The lowest BCUT2D eigenvalue weighted by Crippen LogP contribution is -2.49. The van der Waals surface area contributed by atoms with Crippen molar-refractivity contribution in [2.75, 3.05) is 13.2 Å². The Hall–Kier alpha value is -1.10. The normalized spacial score (nSPS) is 21.4. The quantitative estimate of drug-likeness (QED) is 0.835. The Kier molecular flexibility index (Phi) is 5.14. The zero-order valence-corrected chi connectivity index (χ0v) is 11.6. The number of ketones is 1. The van der Waals surface area contributed by atoms with Crippen LogP contribution in [0.5, 0.6) is 0 Å². The summed E-state index contributed by atoms with van der Waals surface area (Å²) in [5, 5.41) is 2.67. The molecule has 0 bridgehead atoms. The average molecular weight is 257 g/mol. The predicted octanol–water partition coefficient (Wildman–Crippen LogP) is 1.90. The fourth-order valence-corrected chi connectivity index (χ4v) is 1.89. The van der Waals surface area contributed by atoms with E-state index in [0.29, 0.717) is 19.6 Å². The van der Waals surface area contributed by atoms with Gasteiger partial charge in [-0.25, -0.2) is 4.79 Å². The summed E-state index contributed by atoms with van der Waals surface area (Å²) in [5.74, 6) is 0.0159. The van der Waals surface area contributed by atoms with Crippen molar-refractivity contribution < 1.29 is 19.1 Å². The lowest BCUT2D eigenvalue weighted by molar-refractivity contribution is -0.123. The monoisotopic (exact) mass is 257 g/mol. The van der Waals surface area contributed by atoms with E-state index >= 15 is 0 Å². The average Bonchev–Trinajstić information content (AvgIpc) is 2.76. The summed E-state index contributed by atoms with van der Waals surface area (Å²) in [4.78, 5) is 23.6. The summed E-state index contributed by atoms with van der Waals surface area (Å²) in [6, 6.07) is -0.516. The van der Waals surface area contributed by atoms with Crippen molar-refractivity contribution >= 4 is 11.9 Å². The highest BCUT2D eigenvalue weighted by Gasteiger charge is 2.32. The van der Waals surface area contributed by atoms with Gasteiger partial charge in [0.1, 0.15) is 6.10 Å². The Balaban J connectivity index is 2.54. The van der Waals surface area contributed by atoms with Crippen LogP contribution in [-0.4, -0.2) is 37.2 Å². The second-order valence-electron chi connectivity index (χ2n) is 5.65. The van der Waals surface area contributed by atoms with Crippen molar-refractivity contribution in [2.24, 2.45) is 5.41 Å². The molecule has 0 aliphatic carbocycles. The van der Waals surface area contributed by atoms with Gasteiger partial charge in [-0.1, -0.05) is 27.7 Å². The van der Waals surface area contributed by atoms with E-state index in [1.165, 1.54) is 0 Å². The maximum atomic E-state index is 11.8. The number of carbonyl (C=O) groups is 2. The third-order valence-corrected chi connectivity index (χ3v) is 2.96. The smallest absolute Gasteiger partial charge is 0.408 e. The minimum absolute atomic E-state index is 0.0159. The highest BCUT2D eigenvalue weighted by atomic mass is 16.6. The van der Waals surface area contributed by atoms with Gasteiger partial charge in [-0.05, 0) is 5.41 Å². The van der Waals surface area contributed by atoms with E-state index in [9.17, 15) is 9.59 Å². The van der Waals surface area contributed by atoms with Gasteiger partial charge in [0.2, 0.25) is 0 Å². The molecule has 1 amide bonds. The van der Waals surface area contributed by atoms with Crippen LogP contribution in [0.1, 0.15) is 40.5 Å². The number of ether oxygens (including phenoxy) is 2. The molecule has 2 atom stereocenters. The fourth-order valence-electron chi connectivity index (χ4n) is 1.89. The summed E-state index contributed by atoms with van der Waals surface area (Å²) in [6.45, 7) is 8.61. The number of amides is 1. The largest absolute Gasteiger partial charge is 0.444 e. The minimum Gasteiger partial charge on any atom is -0.444 e. The van der Waals surface area contributed by atoms with E-state index in [-0.39, 0.29) is 17.3 Å². The maximum absolute atomic E-state index is 11.8. The summed E-state index contributed by atoms with van der Waals surface area (Å²) in [5.41, 5.74) is -0.321. The van der Waals surface area contributed by atoms with Crippen LogP contribution in [0, 0.1) is 5.41 Å². The molecule has 0 radical (unpaired) electrons. The number of hydrogen-bond donors (Lipinski definition) is 1. The van der Waals surface area contributed by atoms with E-state index < -0.39 is 12.1 Å². The summed E-state index contributed by atoms with van der Waals surface area (Å²) < 4.78 is 10.3. The molecule has 0 saturated carbocycles. The molecule has 1 aliphatic rings. The van der Waals surface area contributed by atoms with Crippen LogP contribution >= 0.6 is 0 Å². The first-order valence-corrected chi connectivity index (χ1v) is 6.42. The summed E-state index contributed by atoms with van der Waals surface area (Å²) in [6.07, 6.45) is 0.388. The van der Waals surface area contributed by atoms with E-state index in [1.807, 2.05) is 20.8 Å². The molecule has 1 fully saturated rings. The summed E-state index contributed by atoms with van der Waals surface area (Å²) in [7, 11) is 0. The number of alkyl carbamates (subject to hydrolysis) is 1. The zero-order valence-electron chi connectivity index (χ0n) is 11.6. The number of carbonyl (C=O) groups excluding carboxylic acids is 2. The van der Waals surface area contributed by atoms with Crippen LogP contribution in [0.25, 0.3) is 0 Å².